The van der Waals surface area contributed by atoms with Crippen molar-refractivity contribution in [3.8, 4) is 5.88 Å². The van der Waals surface area contributed by atoms with Crippen molar-refractivity contribution >= 4 is 33.3 Å². The van der Waals surface area contributed by atoms with Crippen molar-refractivity contribution in [2.45, 2.75) is 6.54 Å². The van der Waals surface area contributed by atoms with Crippen LogP contribution in [-0.4, -0.2) is 17.1 Å². The van der Waals surface area contributed by atoms with E-state index in [1.54, 1.807) is 12.1 Å². The molecule has 0 amide bonds. The summed E-state index contributed by atoms with van der Waals surface area (Å²) < 4.78 is 18.9. The number of methoxy groups -OCH3 is 1. The van der Waals surface area contributed by atoms with Crippen LogP contribution in [0.1, 0.15) is 5.56 Å². The van der Waals surface area contributed by atoms with E-state index in [0.717, 1.165) is 4.47 Å². The highest BCUT2D eigenvalue weighted by Gasteiger charge is 2.06. The first-order valence-corrected chi connectivity index (χ1v) is 6.51. The molecular weight excluding hydrogens is 337 g/mol. The lowest BCUT2D eigenvalue weighted by molar-refractivity contribution is 0.368. The number of halogens is 3. The van der Waals surface area contributed by atoms with Gasteiger partial charge in [-0.3, -0.25) is 0 Å². The van der Waals surface area contributed by atoms with Gasteiger partial charge in [0.1, 0.15) is 11.0 Å². The maximum absolute atomic E-state index is 13.4. The molecule has 0 radical (unpaired) electrons. The van der Waals surface area contributed by atoms with Gasteiger partial charge < -0.3 is 10.1 Å². The Labute approximate surface area is 123 Å². The Morgan fingerprint density at radius 1 is 1.47 bits per heavy atom. The zero-order valence-corrected chi connectivity index (χ0v) is 12.3. The molecule has 0 unspecified atom stereocenters. The molecule has 0 saturated heterocycles. The molecule has 4 nitrogen and oxygen atoms in total. The first-order valence-electron chi connectivity index (χ1n) is 5.34. The minimum atomic E-state index is -0.497. The highest BCUT2D eigenvalue weighted by Crippen LogP contribution is 2.22. The van der Waals surface area contributed by atoms with Crippen molar-refractivity contribution < 1.29 is 9.13 Å². The highest BCUT2D eigenvalue weighted by molar-refractivity contribution is 9.10. The van der Waals surface area contributed by atoms with E-state index >= 15 is 0 Å². The number of nitrogens with zero attached hydrogens (tertiary/aromatic N) is 2. The van der Waals surface area contributed by atoms with E-state index in [-0.39, 0.29) is 5.88 Å². The summed E-state index contributed by atoms with van der Waals surface area (Å²) in [6.45, 7) is 0.388. The summed E-state index contributed by atoms with van der Waals surface area (Å²) in [6.07, 6.45) is 1.54. The number of anilines is 1. The molecule has 0 atom stereocenters. The van der Waals surface area contributed by atoms with E-state index in [9.17, 15) is 4.39 Å². The van der Waals surface area contributed by atoms with Gasteiger partial charge in [-0.1, -0.05) is 11.6 Å². The summed E-state index contributed by atoms with van der Waals surface area (Å²) in [6, 6.07) is 4.91. The van der Waals surface area contributed by atoms with Crippen molar-refractivity contribution in [2.24, 2.45) is 0 Å². The third-order valence-corrected chi connectivity index (χ3v) is 3.49. The van der Waals surface area contributed by atoms with Crippen LogP contribution in [0.25, 0.3) is 0 Å². The molecular formula is C12H10BrClFN3O. The van der Waals surface area contributed by atoms with Crippen LogP contribution in [0, 0.1) is 5.82 Å². The molecule has 2 rings (SSSR count). The van der Waals surface area contributed by atoms with Crippen molar-refractivity contribution in [2.75, 3.05) is 12.4 Å². The van der Waals surface area contributed by atoms with Crippen LogP contribution in [0.5, 0.6) is 5.88 Å². The topological polar surface area (TPSA) is 47.0 Å². The molecule has 100 valence electrons. The van der Waals surface area contributed by atoms with Crippen LogP contribution in [0.2, 0.25) is 5.15 Å². The number of rotatable bonds is 4. The molecule has 0 aliphatic heterocycles. The van der Waals surface area contributed by atoms with Crippen LogP contribution < -0.4 is 10.1 Å². The summed E-state index contributed by atoms with van der Waals surface area (Å²) in [5.74, 6) is 0.0848. The molecule has 2 aromatic rings. The second-order valence-electron chi connectivity index (χ2n) is 3.66. The number of nitrogens with one attached hydrogen (secondary N) is 1. The number of ether oxygens (including phenoxy) is 1. The Morgan fingerprint density at radius 2 is 2.26 bits per heavy atom. The van der Waals surface area contributed by atoms with Gasteiger partial charge in [0.05, 0.1) is 11.6 Å². The molecule has 0 spiro atoms. The van der Waals surface area contributed by atoms with Gasteiger partial charge in [-0.2, -0.15) is 0 Å². The van der Waals surface area contributed by atoms with E-state index < -0.39 is 5.82 Å². The van der Waals surface area contributed by atoms with E-state index in [4.69, 9.17) is 16.3 Å². The number of hydrogen-bond donors (Lipinski definition) is 1. The van der Waals surface area contributed by atoms with Crippen LogP contribution in [0.15, 0.2) is 28.9 Å². The molecule has 0 aliphatic rings. The van der Waals surface area contributed by atoms with Crippen molar-refractivity contribution in [3.05, 3.63) is 45.4 Å². The lowest BCUT2D eigenvalue weighted by Crippen LogP contribution is -2.03. The SMILES string of the molecule is COc1ncc(CNc2ccc(Br)c(Cl)n2)cc1F. The molecule has 0 aromatic carbocycles. The number of aromatic nitrogens is 2. The average Bonchev–Trinajstić information content (AvgIpc) is 2.40. The van der Waals surface area contributed by atoms with Crippen molar-refractivity contribution in [1.29, 1.82) is 0 Å². The molecule has 0 bridgehead atoms. The molecule has 7 heteroatoms. The van der Waals surface area contributed by atoms with Gasteiger partial charge in [-0.15, -0.1) is 0 Å². The molecule has 1 N–H and O–H groups in total. The fourth-order valence-electron chi connectivity index (χ4n) is 1.42. The van der Waals surface area contributed by atoms with Gasteiger partial charge in [-0.05, 0) is 39.7 Å². The zero-order valence-electron chi connectivity index (χ0n) is 9.95. The highest BCUT2D eigenvalue weighted by atomic mass is 79.9. The molecule has 19 heavy (non-hydrogen) atoms. The molecule has 0 saturated carbocycles. The van der Waals surface area contributed by atoms with E-state index in [1.807, 2.05) is 0 Å². The Kier molecular flexibility index (Phi) is 4.55. The third-order valence-electron chi connectivity index (χ3n) is 2.33. The fourth-order valence-corrected chi connectivity index (χ4v) is 1.80. The van der Waals surface area contributed by atoms with Gasteiger partial charge in [0.15, 0.2) is 5.82 Å². The minimum absolute atomic E-state index is 0.0199. The van der Waals surface area contributed by atoms with Gasteiger partial charge in [0.25, 0.3) is 0 Å². The monoisotopic (exact) mass is 345 g/mol. The van der Waals surface area contributed by atoms with Gasteiger partial charge >= 0.3 is 0 Å². The largest absolute Gasteiger partial charge is 0.479 e. The first kappa shape index (κ1) is 14.0. The summed E-state index contributed by atoms with van der Waals surface area (Å²) >= 11 is 9.13. The third kappa shape index (κ3) is 3.54. The van der Waals surface area contributed by atoms with Crippen LogP contribution in [0.3, 0.4) is 0 Å². The van der Waals surface area contributed by atoms with E-state index in [0.29, 0.717) is 23.1 Å². The first-order chi connectivity index (χ1) is 9.10. The quantitative estimate of drug-likeness (QED) is 0.859. The molecule has 0 aliphatic carbocycles. The second kappa shape index (κ2) is 6.16. The molecule has 2 heterocycles. The predicted octanol–water partition coefficient (Wildman–Crippen LogP) is 3.65. The smallest absolute Gasteiger partial charge is 0.250 e. The summed E-state index contributed by atoms with van der Waals surface area (Å²) in [7, 11) is 1.37. The Hall–Kier alpha value is -1.40. The number of pyridine rings is 2. The molecule has 0 fully saturated rings. The molecule has 2 aromatic heterocycles. The van der Waals surface area contributed by atoms with Crippen molar-refractivity contribution in [3.63, 3.8) is 0 Å². The van der Waals surface area contributed by atoms with Crippen LogP contribution >= 0.6 is 27.5 Å². The Morgan fingerprint density at radius 3 is 2.89 bits per heavy atom. The van der Waals surface area contributed by atoms with Crippen molar-refractivity contribution in [1.82, 2.24) is 9.97 Å². The maximum atomic E-state index is 13.4. The Bertz CT molecular complexity index is 597. The lowest BCUT2D eigenvalue weighted by atomic mass is 10.3. The summed E-state index contributed by atoms with van der Waals surface area (Å²) in [5, 5.41) is 3.39. The van der Waals surface area contributed by atoms with Crippen LogP contribution in [-0.2, 0) is 6.54 Å². The minimum Gasteiger partial charge on any atom is -0.479 e. The zero-order chi connectivity index (χ0) is 13.8. The van der Waals surface area contributed by atoms with Crippen LogP contribution in [0.4, 0.5) is 10.2 Å². The second-order valence-corrected chi connectivity index (χ2v) is 4.87. The average molecular weight is 347 g/mol. The standard InChI is InChI=1S/C12H10BrClFN3O/c1-19-12-9(15)4-7(6-17-12)5-16-10-3-2-8(13)11(14)18-10/h2-4,6H,5H2,1H3,(H,16,18). The summed E-state index contributed by atoms with van der Waals surface area (Å²) in [4.78, 5) is 7.96. The van der Waals surface area contributed by atoms with Gasteiger partial charge in [0.2, 0.25) is 5.88 Å². The number of hydrogen-bond acceptors (Lipinski definition) is 4. The lowest BCUT2D eigenvalue weighted by Gasteiger charge is -2.07. The van der Waals surface area contributed by atoms with E-state index in [1.165, 1.54) is 19.4 Å². The van der Waals surface area contributed by atoms with Gasteiger partial charge in [-0.25, -0.2) is 14.4 Å². The fraction of sp³-hybridized carbons (Fsp3) is 0.167. The van der Waals surface area contributed by atoms with Gasteiger partial charge in [0, 0.05) is 12.7 Å². The Balaban J connectivity index is 2.05. The predicted molar refractivity (Wildman–Crippen MR) is 75.0 cm³/mol. The van der Waals surface area contributed by atoms with E-state index in [2.05, 4.69) is 31.2 Å². The normalized spacial score (nSPS) is 10.3. The maximum Gasteiger partial charge on any atom is 0.250 e. The summed E-state index contributed by atoms with van der Waals surface area (Å²) in [5.41, 5.74) is 0.680.